The average molecular weight is 290 g/mol. The first-order valence-corrected chi connectivity index (χ1v) is 7.01. The number of hydrogen-bond donors (Lipinski definition) is 1. The predicted molar refractivity (Wildman–Crippen MR) is 71.1 cm³/mol. The zero-order valence-electron chi connectivity index (χ0n) is 10.7. The summed E-state index contributed by atoms with van der Waals surface area (Å²) in [6.07, 6.45) is 1.12. The van der Waals surface area contributed by atoms with Crippen molar-refractivity contribution in [2.24, 2.45) is 0 Å². The number of likely N-dealkylation sites (N-methyl/N-ethyl adjacent to an activating group) is 1. The van der Waals surface area contributed by atoms with Gasteiger partial charge in [-0.15, -0.1) is 0 Å². The Hall–Kier alpha value is -0.720. The molecule has 1 aliphatic heterocycles. The van der Waals surface area contributed by atoms with Crippen LogP contribution < -0.4 is 5.32 Å². The quantitative estimate of drug-likeness (QED) is 0.858. The maximum absolute atomic E-state index is 12.2. The summed E-state index contributed by atoms with van der Waals surface area (Å²) < 4.78 is 36.5. The van der Waals surface area contributed by atoms with Gasteiger partial charge in [-0.05, 0) is 49.5 Å². The number of hydrogen-bond acceptors (Lipinski definition) is 3. The Bertz CT molecular complexity index is 405. The zero-order valence-corrected chi connectivity index (χ0v) is 11.5. The van der Waals surface area contributed by atoms with E-state index in [-0.39, 0.29) is 16.7 Å². The van der Waals surface area contributed by atoms with Crippen molar-refractivity contribution in [3.63, 3.8) is 0 Å². The molecular weight excluding hydrogens is 273 g/mol. The molecule has 0 aliphatic carbocycles. The molecule has 1 heterocycles. The molecule has 0 radical (unpaired) electrons. The lowest BCUT2D eigenvalue weighted by atomic mass is 10.2. The summed E-state index contributed by atoms with van der Waals surface area (Å²) in [5, 5.41) is 3.43. The van der Waals surface area contributed by atoms with Gasteiger partial charge in [0.2, 0.25) is 0 Å². The summed E-state index contributed by atoms with van der Waals surface area (Å²) in [6.45, 7) is 2.83. The monoisotopic (exact) mass is 290 g/mol. The van der Waals surface area contributed by atoms with E-state index >= 15 is 0 Å². The summed E-state index contributed by atoms with van der Waals surface area (Å²) in [4.78, 5) is 2.50. The molecule has 1 unspecified atom stereocenters. The summed E-state index contributed by atoms with van der Waals surface area (Å²) in [5.74, 6) is 0. The Morgan fingerprint density at radius 3 is 2.53 bits per heavy atom. The number of rotatable bonds is 4. The van der Waals surface area contributed by atoms with E-state index in [0.29, 0.717) is 12.6 Å². The number of likely N-dealkylation sites (tertiary alicyclic amines) is 1. The molecular formula is C13H17F3N2S. The van der Waals surface area contributed by atoms with E-state index in [9.17, 15) is 13.2 Å². The Labute approximate surface area is 115 Å². The molecule has 0 saturated carbocycles. The summed E-state index contributed by atoms with van der Waals surface area (Å²) in [6, 6.07) is 7.03. The number of nitrogens with one attached hydrogen (secondary N) is 1. The molecule has 1 aliphatic rings. The van der Waals surface area contributed by atoms with Crippen LogP contribution in [0.2, 0.25) is 0 Å². The standard InChI is InChI=1S/C13H17F3N2S/c1-18-7-6-11(9-18)17-8-10-2-4-12(5-3-10)19-13(14,15)16/h2-5,11,17H,6-9H2,1H3. The Kier molecular flexibility index (Phi) is 4.76. The van der Waals surface area contributed by atoms with Gasteiger partial charge in [-0.25, -0.2) is 0 Å². The highest BCUT2D eigenvalue weighted by Crippen LogP contribution is 2.36. The van der Waals surface area contributed by atoms with Crippen molar-refractivity contribution < 1.29 is 13.2 Å². The lowest BCUT2D eigenvalue weighted by molar-refractivity contribution is -0.0328. The second-order valence-corrected chi connectivity index (χ2v) is 5.96. The molecule has 19 heavy (non-hydrogen) atoms. The summed E-state index contributed by atoms with van der Waals surface area (Å²) in [5.41, 5.74) is -3.20. The Morgan fingerprint density at radius 1 is 1.32 bits per heavy atom. The first-order chi connectivity index (χ1) is 8.92. The van der Waals surface area contributed by atoms with Gasteiger partial charge in [0.15, 0.2) is 0 Å². The van der Waals surface area contributed by atoms with Crippen molar-refractivity contribution >= 4 is 11.8 Å². The topological polar surface area (TPSA) is 15.3 Å². The highest BCUT2D eigenvalue weighted by molar-refractivity contribution is 8.00. The first kappa shape index (κ1) is 14.7. The third kappa shape index (κ3) is 5.04. The molecule has 2 rings (SSSR count). The van der Waals surface area contributed by atoms with Gasteiger partial charge in [-0.2, -0.15) is 13.2 Å². The number of thioether (sulfide) groups is 1. The van der Waals surface area contributed by atoms with Gasteiger partial charge >= 0.3 is 5.51 Å². The second-order valence-electron chi connectivity index (χ2n) is 4.82. The maximum atomic E-state index is 12.2. The molecule has 1 aromatic carbocycles. The third-order valence-corrected chi connectivity index (χ3v) is 3.88. The highest BCUT2D eigenvalue weighted by Gasteiger charge is 2.29. The minimum atomic E-state index is -4.21. The van der Waals surface area contributed by atoms with Crippen LogP contribution in [0.1, 0.15) is 12.0 Å². The molecule has 0 spiro atoms. The van der Waals surface area contributed by atoms with E-state index in [4.69, 9.17) is 0 Å². The lowest BCUT2D eigenvalue weighted by Crippen LogP contribution is -2.30. The molecule has 0 bridgehead atoms. The van der Waals surface area contributed by atoms with E-state index in [1.54, 1.807) is 12.1 Å². The Balaban J connectivity index is 1.82. The van der Waals surface area contributed by atoms with Gasteiger partial charge in [0, 0.05) is 24.0 Å². The normalized spacial score (nSPS) is 20.9. The number of halogens is 3. The molecule has 1 fully saturated rings. The van der Waals surface area contributed by atoms with Crippen LogP contribution in [0, 0.1) is 0 Å². The van der Waals surface area contributed by atoms with Crippen LogP contribution in [0.4, 0.5) is 13.2 Å². The molecule has 1 saturated heterocycles. The fraction of sp³-hybridized carbons (Fsp3) is 0.538. The molecule has 1 N–H and O–H groups in total. The molecule has 6 heteroatoms. The predicted octanol–water partition coefficient (Wildman–Crippen LogP) is 3.09. The number of alkyl halides is 3. The highest BCUT2D eigenvalue weighted by atomic mass is 32.2. The van der Waals surface area contributed by atoms with E-state index < -0.39 is 5.51 Å². The van der Waals surface area contributed by atoms with E-state index in [1.807, 2.05) is 0 Å². The van der Waals surface area contributed by atoms with Gasteiger partial charge in [-0.3, -0.25) is 0 Å². The van der Waals surface area contributed by atoms with E-state index in [2.05, 4.69) is 17.3 Å². The van der Waals surface area contributed by atoms with Crippen LogP contribution in [0.3, 0.4) is 0 Å². The van der Waals surface area contributed by atoms with Crippen LogP contribution in [-0.2, 0) is 6.54 Å². The molecule has 0 aromatic heterocycles. The Morgan fingerprint density at radius 2 is 2.00 bits per heavy atom. The average Bonchev–Trinajstić information content (AvgIpc) is 2.72. The van der Waals surface area contributed by atoms with Crippen LogP contribution in [-0.4, -0.2) is 36.6 Å². The van der Waals surface area contributed by atoms with Gasteiger partial charge < -0.3 is 10.2 Å². The zero-order chi connectivity index (χ0) is 13.9. The van der Waals surface area contributed by atoms with Crippen LogP contribution in [0.25, 0.3) is 0 Å². The molecule has 106 valence electrons. The van der Waals surface area contributed by atoms with E-state index in [0.717, 1.165) is 25.1 Å². The van der Waals surface area contributed by atoms with Gasteiger partial charge in [0.05, 0.1) is 0 Å². The smallest absolute Gasteiger partial charge is 0.309 e. The SMILES string of the molecule is CN1CCC(NCc2ccc(SC(F)(F)F)cc2)C1. The minimum Gasteiger partial charge on any atom is -0.309 e. The molecule has 1 atom stereocenters. The fourth-order valence-corrected chi connectivity index (χ4v) is 2.71. The summed E-state index contributed by atoms with van der Waals surface area (Å²) >= 11 is -0.0739. The summed E-state index contributed by atoms with van der Waals surface area (Å²) in [7, 11) is 2.09. The molecule has 2 nitrogen and oxygen atoms in total. The fourth-order valence-electron chi connectivity index (χ4n) is 2.17. The maximum Gasteiger partial charge on any atom is 0.446 e. The van der Waals surface area contributed by atoms with Crippen molar-refractivity contribution in [3.8, 4) is 0 Å². The number of benzene rings is 1. The van der Waals surface area contributed by atoms with Gasteiger partial charge in [0.1, 0.15) is 0 Å². The van der Waals surface area contributed by atoms with Gasteiger partial charge in [-0.1, -0.05) is 12.1 Å². The lowest BCUT2D eigenvalue weighted by Gasteiger charge is -2.13. The molecule has 0 amide bonds. The van der Waals surface area contributed by atoms with Crippen LogP contribution >= 0.6 is 11.8 Å². The number of nitrogens with zero attached hydrogens (tertiary/aromatic N) is 1. The second kappa shape index (κ2) is 6.15. The largest absolute Gasteiger partial charge is 0.446 e. The van der Waals surface area contributed by atoms with Crippen molar-refractivity contribution in [1.82, 2.24) is 10.2 Å². The van der Waals surface area contributed by atoms with Crippen molar-refractivity contribution in [2.45, 2.75) is 29.4 Å². The van der Waals surface area contributed by atoms with Crippen LogP contribution in [0.5, 0.6) is 0 Å². The van der Waals surface area contributed by atoms with Crippen molar-refractivity contribution in [1.29, 1.82) is 0 Å². The van der Waals surface area contributed by atoms with Crippen molar-refractivity contribution in [2.75, 3.05) is 20.1 Å². The van der Waals surface area contributed by atoms with Gasteiger partial charge in [0.25, 0.3) is 0 Å². The van der Waals surface area contributed by atoms with E-state index in [1.165, 1.54) is 12.1 Å². The third-order valence-electron chi connectivity index (χ3n) is 3.14. The first-order valence-electron chi connectivity index (χ1n) is 6.19. The van der Waals surface area contributed by atoms with Crippen molar-refractivity contribution in [3.05, 3.63) is 29.8 Å². The minimum absolute atomic E-state index is 0.0739. The van der Waals surface area contributed by atoms with Crippen LogP contribution in [0.15, 0.2) is 29.2 Å². The molecule has 1 aromatic rings.